The summed E-state index contributed by atoms with van der Waals surface area (Å²) < 4.78 is 0. The third kappa shape index (κ3) is 4.73. The number of carbonyl (C=O) groups excluding carboxylic acids is 1. The fourth-order valence-corrected chi connectivity index (χ4v) is 2.06. The molecule has 0 saturated carbocycles. The van der Waals surface area contributed by atoms with E-state index in [1.165, 1.54) is 0 Å². The van der Waals surface area contributed by atoms with Crippen LogP contribution in [0.15, 0.2) is 0 Å². The first-order chi connectivity index (χ1) is 8.93. The van der Waals surface area contributed by atoms with E-state index >= 15 is 0 Å². The topological polar surface area (TPSA) is 95.1 Å². The van der Waals surface area contributed by atoms with E-state index in [4.69, 9.17) is 5.11 Å². The number of aliphatic carboxylic acids is 1. The number of aryl methyl sites for hydroxylation is 2. The number of nitrogens with zero attached hydrogens (tertiary/aromatic N) is 1. The Labute approximate surface area is 112 Å². The molecule has 0 radical (unpaired) electrons. The van der Waals surface area contributed by atoms with E-state index in [1.54, 1.807) is 0 Å². The maximum absolute atomic E-state index is 11.9. The van der Waals surface area contributed by atoms with Crippen LogP contribution >= 0.6 is 0 Å². The molecule has 1 rings (SSSR count). The fourth-order valence-electron chi connectivity index (χ4n) is 2.06. The van der Waals surface area contributed by atoms with Gasteiger partial charge in [-0.1, -0.05) is 13.3 Å². The molecule has 6 heteroatoms. The van der Waals surface area contributed by atoms with E-state index in [-0.39, 0.29) is 24.8 Å². The Bertz CT molecular complexity index is 434. The van der Waals surface area contributed by atoms with Crippen molar-refractivity contribution in [1.82, 2.24) is 15.5 Å². The average Bonchev–Trinajstić information content (AvgIpc) is 2.60. The zero-order valence-electron chi connectivity index (χ0n) is 11.6. The van der Waals surface area contributed by atoms with Crippen LogP contribution in [-0.4, -0.2) is 33.2 Å². The molecule has 3 N–H and O–H groups in total. The van der Waals surface area contributed by atoms with Crippen LogP contribution in [0.25, 0.3) is 0 Å². The third-order valence-corrected chi connectivity index (χ3v) is 3.04. The van der Waals surface area contributed by atoms with Gasteiger partial charge in [-0.3, -0.25) is 14.7 Å². The van der Waals surface area contributed by atoms with Crippen LogP contribution in [0.5, 0.6) is 0 Å². The van der Waals surface area contributed by atoms with Crippen LogP contribution in [0.2, 0.25) is 0 Å². The molecular weight excluding hydrogens is 246 g/mol. The van der Waals surface area contributed by atoms with Gasteiger partial charge < -0.3 is 10.4 Å². The maximum atomic E-state index is 11.9. The van der Waals surface area contributed by atoms with Crippen molar-refractivity contribution in [2.75, 3.05) is 0 Å². The molecule has 0 unspecified atom stereocenters. The molecule has 0 aliphatic carbocycles. The summed E-state index contributed by atoms with van der Waals surface area (Å²) in [7, 11) is 0. The molecule has 1 heterocycles. The molecule has 0 aliphatic heterocycles. The van der Waals surface area contributed by atoms with Crippen LogP contribution in [-0.2, 0) is 16.0 Å². The Hall–Kier alpha value is -1.85. The number of carbonyl (C=O) groups is 2. The van der Waals surface area contributed by atoms with E-state index < -0.39 is 5.97 Å². The molecule has 1 aromatic rings. The SMILES string of the molecule is CCC[C@@H](CC(=O)O)NC(=O)Cc1c(C)n[nH]c1C. The van der Waals surface area contributed by atoms with Crippen molar-refractivity contribution in [2.24, 2.45) is 0 Å². The Morgan fingerprint density at radius 1 is 1.42 bits per heavy atom. The van der Waals surface area contributed by atoms with Crippen molar-refractivity contribution in [3.63, 3.8) is 0 Å². The number of hydrogen-bond donors (Lipinski definition) is 3. The summed E-state index contributed by atoms with van der Waals surface area (Å²) in [6.45, 7) is 5.67. The minimum absolute atomic E-state index is 0.0388. The predicted molar refractivity (Wildman–Crippen MR) is 70.9 cm³/mol. The first-order valence-electron chi connectivity index (χ1n) is 6.45. The second kappa shape index (κ2) is 6.92. The van der Waals surface area contributed by atoms with Crippen molar-refractivity contribution >= 4 is 11.9 Å². The highest BCUT2D eigenvalue weighted by atomic mass is 16.4. The lowest BCUT2D eigenvalue weighted by atomic mass is 10.1. The quantitative estimate of drug-likeness (QED) is 0.694. The summed E-state index contributed by atoms with van der Waals surface area (Å²) in [6, 6.07) is -0.303. The van der Waals surface area contributed by atoms with Crippen molar-refractivity contribution in [1.29, 1.82) is 0 Å². The largest absolute Gasteiger partial charge is 0.481 e. The van der Waals surface area contributed by atoms with Crippen LogP contribution < -0.4 is 5.32 Å². The Morgan fingerprint density at radius 2 is 2.11 bits per heavy atom. The van der Waals surface area contributed by atoms with E-state index in [9.17, 15) is 9.59 Å². The number of aromatic amines is 1. The molecule has 0 aromatic carbocycles. The highest BCUT2D eigenvalue weighted by molar-refractivity contribution is 5.80. The third-order valence-electron chi connectivity index (χ3n) is 3.04. The van der Waals surface area contributed by atoms with Gasteiger partial charge in [-0.15, -0.1) is 0 Å². The number of carboxylic acid groups (broad SMARTS) is 1. The van der Waals surface area contributed by atoms with Crippen LogP contribution in [0.3, 0.4) is 0 Å². The molecule has 1 aromatic heterocycles. The van der Waals surface area contributed by atoms with Gasteiger partial charge in [0.15, 0.2) is 0 Å². The summed E-state index contributed by atoms with van der Waals surface area (Å²) in [4.78, 5) is 22.7. The summed E-state index contributed by atoms with van der Waals surface area (Å²) in [5, 5.41) is 18.4. The lowest BCUT2D eigenvalue weighted by Crippen LogP contribution is -2.37. The first-order valence-corrected chi connectivity index (χ1v) is 6.45. The minimum Gasteiger partial charge on any atom is -0.481 e. The van der Waals surface area contributed by atoms with Crippen molar-refractivity contribution in [2.45, 2.75) is 52.5 Å². The molecule has 0 bridgehead atoms. The molecule has 0 aliphatic rings. The molecule has 19 heavy (non-hydrogen) atoms. The van der Waals surface area contributed by atoms with E-state index in [1.807, 2.05) is 20.8 Å². The fraction of sp³-hybridized carbons (Fsp3) is 0.615. The monoisotopic (exact) mass is 267 g/mol. The maximum Gasteiger partial charge on any atom is 0.305 e. The van der Waals surface area contributed by atoms with Gasteiger partial charge in [0.1, 0.15) is 0 Å². The van der Waals surface area contributed by atoms with Gasteiger partial charge in [-0.25, -0.2) is 0 Å². The molecule has 0 saturated heterocycles. The number of amides is 1. The Morgan fingerprint density at radius 3 is 2.58 bits per heavy atom. The highest BCUT2D eigenvalue weighted by Crippen LogP contribution is 2.10. The molecule has 1 atom stereocenters. The van der Waals surface area contributed by atoms with E-state index in [0.717, 1.165) is 23.4 Å². The summed E-state index contributed by atoms with van der Waals surface area (Å²) in [6.07, 6.45) is 1.69. The van der Waals surface area contributed by atoms with Gasteiger partial charge in [-0.05, 0) is 20.3 Å². The van der Waals surface area contributed by atoms with Gasteiger partial charge in [0.05, 0.1) is 18.5 Å². The summed E-state index contributed by atoms with van der Waals surface area (Å²) >= 11 is 0. The second-order valence-corrected chi connectivity index (χ2v) is 4.74. The smallest absolute Gasteiger partial charge is 0.305 e. The van der Waals surface area contributed by atoms with Crippen LogP contribution in [0.1, 0.15) is 43.1 Å². The number of carboxylic acids is 1. The number of hydrogen-bond acceptors (Lipinski definition) is 3. The zero-order chi connectivity index (χ0) is 14.4. The number of H-pyrrole nitrogens is 1. The normalized spacial score (nSPS) is 12.2. The molecule has 0 spiro atoms. The molecule has 6 nitrogen and oxygen atoms in total. The van der Waals surface area contributed by atoms with E-state index in [2.05, 4.69) is 15.5 Å². The van der Waals surface area contributed by atoms with Crippen LogP contribution in [0, 0.1) is 13.8 Å². The molecular formula is C13H21N3O3. The summed E-state index contributed by atoms with van der Waals surface area (Å²) in [5.74, 6) is -1.05. The molecule has 106 valence electrons. The van der Waals surface area contributed by atoms with Crippen molar-refractivity contribution in [3.8, 4) is 0 Å². The highest BCUT2D eigenvalue weighted by Gasteiger charge is 2.17. The number of aromatic nitrogens is 2. The minimum atomic E-state index is -0.894. The Kier molecular flexibility index (Phi) is 5.54. The number of rotatable bonds is 7. The Balaban J connectivity index is 2.60. The molecule has 1 amide bonds. The van der Waals surface area contributed by atoms with Crippen molar-refractivity contribution < 1.29 is 14.7 Å². The standard InChI is InChI=1S/C13H21N3O3/c1-4-5-10(6-13(18)19)14-12(17)7-11-8(2)15-16-9(11)3/h10H,4-7H2,1-3H3,(H,14,17)(H,15,16)(H,18,19)/t10-/m0/s1. The second-order valence-electron chi connectivity index (χ2n) is 4.74. The molecule has 0 fully saturated rings. The van der Waals surface area contributed by atoms with Crippen LogP contribution in [0.4, 0.5) is 0 Å². The average molecular weight is 267 g/mol. The first kappa shape index (κ1) is 15.2. The summed E-state index contributed by atoms with van der Waals surface area (Å²) in [5.41, 5.74) is 2.55. The van der Waals surface area contributed by atoms with Gasteiger partial charge in [0, 0.05) is 17.3 Å². The lowest BCUT2D eigenvalue weighted by molar-refractivity contribution is -0.137. The predicted octanol–water partition coefficient (Wildman–Crippen LogP) is 1.33. The number of nitrogens with one attached hydrogen (secondary N) is 2. The van der Waals surface area contributed by atoms with Gasteiger partial charge in [-0.2, -0.15) is 5.10 Å². The van der Waals surface area contributed by atoms with Gasteiger partial charge in [0.25, 0.3) is 0 Å². The van der Waals surface area contributed by atoms with Crippen molar-refractivity contribution in [3.05, 3.63) is 17.0 Å². The zero-order valence-corrected chi connectivity index (χ0v) is 11.6. The van der Waals surface area contributed by atoms with Gasteiger partial charge in [0.2, 0.25) is 5.91 Å². The van der Waals surface area contributed by atoms with Gasteiger partial charge >= 0.3 is 5.97 Å². The van der Waals surface area contributed by atoms with E-state index in [0.29, 0.717) is 6.42 Å². The lowest BCUT2D eigenvalue weighted by Gasteiger charge is -2.16.